The van der Waals surface area contributed by atoms with Crippen LogP contribution in [0.15, 0.2) is 30.3 Å². The summed E-state index contributed by atoms with van der Waals surface area (Å²) in [5.74, 6) is 0.515. The number of carbonyl (C=O) groups excluding carboxylic acids is 1. The first-order valence-electron chi connectivity index (χ1n) is 8.05. The van der Waals surface area contributed by atoms with Gasteiger partial charge in [-0.1, -0.05) is 19.1 Å². The Morgan fingerprint density at radius 1 is 1.39 bits per heavy atom. The maximum atomic E-state index is 12.7. The van der Waals surface area contributed by atoms with Gasteiger partial charge in [-0.2, -0.15) is 10.4 Å². The Morgan fingerprint density at radius 2 is 2.13 bits per heavy atom. The van der Waals surface area contributed by atoms with E-state index in [1.54, 1.807) is 12.1 Å². The molecule has 1 fully saturated rings. The van der Waals surface area contributed by atoms with Crippen LogP contribution in [0.3, 0.4) is 0 Å². The zero-order valence-corrected chi connectivity index (χ0v) is 13.2. The van der Waals surface area contributed by atoms with Gasteiger partial charge in [0.25, 0.3) is 5.91 Å². The summed E-state index contributed by atoms with van der Waals surface area (Å²) in [5.41, 5.74) is 3.21. The topological polar surface area (TPSA) is 72.8 Å². The van der Waals surface area contributed by atoms with Crippen LogP contribution in [0, 0.1) is 11.3 Å². The van der Waals surface area contributed by atoms with Gasteiger partial charge in [0.2, 0.25) is 0 Å². The van der Waals surface area contributed by atoms with Crippen LogP contribution in [0.5, 0.6) is 0 Å². The van der Waals surface area contributed by atoms with Crippen LogP contribution < -0.4 is 0 Å². The lowest BCUT2D eigenvalue weighted by molar-refractivity contribution is 0.0737. The second-order valence-electron chi connectivity index (χ2n) is 6.02. The summed E-state index contributed by atoms with van der Waals surface area (Å²) < 4.78 is 0. The molecule has 5 nitrogen and oxygen atoms in total. The number of amides is 1. The van der Waals surface area contributed by atoms with E-state index in [1.165, 1.54) is 12.8 Å². The highest BCUT2D eigenvalue weighted by molar-refractivity contribution is 5.92. The first-order valence-corrected chi connectivity index (χ1v) is 8.05. The molecule has 1 heterocycles. The molecule has 5 heteroatoms. The summed E-state index contributed by atoms with van der Waals surface area (Å²) in [5, 5.41) is 16.0. The van der Waals surface area contributed by atoms with Crippen LogP contribution >= 0.6 is 0 Å². The predicted molar refractivity (Wildman–Crippen MR) is 86.8 cm³/mol. The number of nitriles is 1. The average molecular weight is 308 g/mol. The number of carbonyl (C=O) groups is 1. The minimum absolute atomic E-state index is 0.0423. The average Bonchev–Trinajstić information content (AvgIpc) is 3.31. The Labute approximate surface area is 135 Å². The van der Waals surface area contributed by atoms with Crippen LogP contribution in [-0.4, -0.2) is 27.5 Å². The third-order valence-corrected chi connectivity index (χ3v) is 4.07. The summed E-state index contributed by atoms with van der Waals surface area (Å²) in [6.07, 6.45) is 3.25. The Bertz CT molecular complexity index is 722. The molecule has 1 aliphatic carbocycles. The Kier molecular flexibility index (Phi) is 4.42. The third kappa shape index (κ3) is 3.59. The Balaban J connectivity index is 1.73. The van der Waals surface area contributed by atoms with E-state index in [-0.39, 0.29) is 5.91 Å². The van der Waals surface area contributed by atoms with Gasteiger partial charge < -0.3 is 4.90 Å². The number of benzene rings is 1. The molecule has 1 saturated carbocycles. The molecule has 0 unspecified atom stereocenters. The fourth-order valence-corrected chi connectivity index (χ4v) is 2.64. The molecule has 1 N–H and O–H groups in total. The minimum atomic E-state index is -0.0423. The lowest BCUT2D eigenvalue weighted by Gasteiger charge is -2.21. The van der Waals surface area contributed by atoms with Crippen molar-refractivity contribution in [2.75, 3.05) is 6.54 Å². The van der Waals surface area contributed by atoms with E-state index in [0.29, 0.717) is 30.3 Å². The SMILES string of the molecule is CCCN(Cc1ccc(C#N)cc1)C(=O)c1cc(C2CC2)[nH]n1. The van der Waals surface area contributed by atoms with Gasteiger partial charge in [0, 0.05) is 24.7 Å². The summed E-state index contributed by atoms with van der Waals surface area (Å²) >= 11 is 0. The molecule has 1 amide bonds. The van der Waals surface area contributed by atoms with Gasteiger partial charge in [-0.15, -0.1) is 0 Å². The number of aromatic amines is 1. The van der Waals surface area contributed by atoms with Gasteiger partial charge in [-0.05, 0) is 43.0 Å². The van der Waals surface area contributed by atoms with Crippen molar-refractivity contribution in [3.63, 3.8) is 0 Å². The molecule has 2 aromatic rings. The van der Waals surface area contributed by atoms with Crippen molar-refractivity contribution >= 4 is 5.91 Å². The van der Waals surface area contributed by atoms with Gasteiger partial charge in [0.05, 0.1) is 11.6 Å². The van der Waals surface area contributed by atoms with Crippen molar-refractivity contribution in [3.05, 3.63) is 52.8 Å². The zero-order valence-electron chi connectivity index (χ0n) is 13.2. The number of aromatic nitrogens is 2. The van der Waals surface area contributed by atoms with Gasteiger partial charge >= 0.3 is 0 Å². The van der Waals surface area contributed by atoms with E-state index < -0.39 is 0 Å². The van der Waals surface area contributed by atoms with Gasteiger partial charge in [0.1, 0.15) is 5.69 Å². The summed E-state index contributed by atoms with van der Waals surface area (Å²) in [6, 6.07) is 11.4. The summed E-state index contributed by atoms with van der Waals surface area (Å²) in [6.45, 7) is 3.27. The van der Waals surface area contributed by atoms with E-state index in [4.69, 9.17) is 5.26 Å². The number of rotatable bonds is 6. The Morgan fingerprint density at radius 3 is 2.74 bits per heavy atom. The molecule has 0 radical (unpaired) electrons. The molecular weight excluding hydrogens is 288 g/mol. The van der Waals surface area contributed by atoms with Gasteiger partial charge in [-0.25, -0.2) is 0 Å². The van der Waals surface area contributed by atoms with Crippen LogP contribution in [0.25, 0.3) is 0 Å². The summed E-state index contributed by atoms with van der Waals surface area (Å²) in [7, 11) is 0. The zero-order chi connectivity index (χ0) is 16.2. The fraction of sp³-hybridized carbons (Fsp3) is 0.389. The van der Waals surface area contributed by atoms with E-state index in [2.05, 4.69) is 23.2 Å². The van der Waals surface area contributed by atoms with Crippen molar-refractivity contribution in [2.45, 2.75) is 38.6 Å². The molecule has 1 aromatic carbocycles. The van der Waals surface area contributed by atoms with Crippen molar-refractivity contribution in [1.82, 2.24) is 15.1 Å². The number of nitrogens with zero attached hydrogens (tertiary/aromatic N) is 3. The summed E-state index contributed by atoms with van der Waals surface area (Å²) in [4.78, 5) is 14.5. The number of hydrogen-bond acceptors (Lipinski definition) is 3. The number of hydrogen-bond donors (Lipinski definition) is 1. The van der Waals surface area contributed by atoms with E-state index in [0.717, 1.165) is 17.7 Å². The van der Waals surface area contributed by atoms with Gasteiger partial charge in [-0.3, -0.25) is 9.89 Å². The molecule has 0 atom stereocenters. The minimum Gasteiger partial charge on any atom is -0.333 e. The normalized spacial score (nSPS) is 13.6. The fourth-order valence-electron chi connectivity index (χ4n) is 2.64. The van der Waals surface area contributed by atoms with Gasteiger partial charge in [0.15, 0.2) is 0 Å². The quantitative estimate of drug-likeness (QED) is 0.890. The first kappa shape index (κ1) is 15.3. The second-order valence-corrected chi connectivity index (χ2v) is 6.02. The van der Waals surface area contributed by atoms with Crippen molar-refractivity contribution in [3.8, 4) is 6.07 Å². The molecule has 23 heavy (non-hydrogen) atoms. The van der Waals surface area contributed by atoms with Crippen LogP contribution in [0.1, 0.15) is 59.4 Å². The molecule has 1 aliphatic rings. The molecule has 1 aromatic heterocycles. The lowest BCUT2D eigenvalue weighted by atomic mass is 10.1. The molecule has 0 spiro atoms. The first-order chi connectivity index (χ1) is 11.2. The van der Waals surface area contributed by atoms with Crippen LogP contribution in [-0.2, 0) is 6.54 Å². The maximum absolute atomic E-state index is 12.7. The van der Waals surface area contributed by atoms with Crippen molar-refractivity contribution in [2.24, 2.45) is 0 Å². The van der Waals surface area contributed by atoms with E-state index in [9.17, 15) is 4.79 Å². The molecule has 0 bridgehead atoms. The van der Waals surface area contributed by atoms with Crippen LogP contribution in [0.2, 0.25) is 0 Å². The molecule has 3 rings (SSSR count). The second kappa shape index (κ2) is 6.66. The largest absolute Gasteiger partial charge is 0.333 e. The molecule has 0 saturated heterocycles. The molecule has 118 valence electrons. The molecule has 0 aliphatic heterocycles. The third-order valence-electron chi connectivity index (χ3n) is 4.07. The highest BCUT2D eigenvalue weighted by Crippen LogP contribution is 2.39. The predicted octanol–water partition coefficient (Wildman–Crippen LogP) is 3.21. The Hall–Kier alpha value is -2.61. The lowest BCUT2D eigenvalue weighted by Crippen LogP contribution is -2.31. The smallest absolute Gasteiger partial charge is 0.274 e. The van der Waals surface area contributed by atoms with E-state index >= 15 is 0 Å². The number of nitrogens with one attached hydrogen (secondary N) is 1. The number of H-pyrrole nitrogens is 1. The monoisotopic (exact) mass is 308 g/mol. The highest BCUT2D eigenvalue weighted by Gasteiger charge is 2.27. The molecular formula is C18H20N4O. The standard InChI is InChI=1S/C18H20N4O/c1-2-9-22(12-14-5-3-13(11-19)4-6-14)18(23)17-10-16(20-21-17)15-7-8-15/h3-6,10,15H,2,7-9,12H2,1H3,(H,20,21). The van der Waals surface area contributed by atoms with Crippen LogP contribution in [0.4, 0.5) is 0 Å². The van der Waals surface area contributed by atoms with Crippen molar-refractivity contribution in [1.29, 1.82) is 5.26 Å². The van der Waals surface area contributed by atoms with E-state index in [1.807, 2.05) is 23.1 Å². The maximum Gasteiger partial charge on any atom is 0.274 e. The highest BCUT2D eigenvalue weighted by atomic mass is 16.2. The van der Waals surface area contributed by atoms with Crippen molar-refractivity contribution < 1.29 is 4.79 Å².